The van der Waals surface area contributed by atoms with Crippen molar-refractivity contribution in [1.29, 1.82) is 0 Å². The number of furan rings is 1. The SMILES string of the molecule is CCCCN=C(NCCc1ccco1)NCCN1CCOCC1.I. The number of ether oxygens (including phenoxy) is 1. The number of halogens is 1. The number of nitrogens with zero attached hydrogens (tertiary/aromatic N) is 2. The quantitative estimate of drug-likeness (QED) is 0.261. The minimum atomic E-state index is 0. The third-order valence-corrected chi connectivity index (χ3v) is 3.85. The molecule has 1 aliphatic heterocycles. The normalized spacial score (nSPS) is 15.8. The largest absolute Gasteiger partial charge is 0.469 e. The molecule has 2 rings (SSSR count). The predicted octanol–water partition coefficient (Wildman–Crippen LogP) is 2.11. The fourth-order valence-corrected chi connectivity index (χ4v) is 2.44. The van der Waals surface area contributed by atoms with Gasteiger partial charge in [-0.05, 0) is 18.6 Å². The highest BCUT2D eigenvalue weighted by atomic mass is 127. The highest BCUT2D eigenvalue weighted by Crippen LogP contribution is 1.99. The third kappa shape index (κ3) is 8.89. The van der Waals surface area contributed by atoms with Gasteiger partial charge in [0.25, 0.3) is 0 Å². The van der Waals surface area contributed by atoms with Crippen LogP contribution < -0.4 is 10.6 Å². The van der Waals surface area contributed by atoms with Gasteiger partial charge in [0.1, 0.15) is 5.76 Å². The van der Waals surface area contributed by atoms with Crippen molar-refractivity contribution in [3.63, 3.8) is 0 Å². The molecule has 24 heavy (non-hydrogen) atoms. The second-order valence-corrected chi connectivity index (χ2v) is 5.72. The van der Waals surface area contributed by atoms with Crippen molar-refractivity contribution in [2.45, 2.75) is 26.2 Å². The van der Waals surface area contributed by atoms with Crippen LogP contribution in [-0.2, 0) is 11.2 Å². The highest BCUT2D eigenvalue weighted by Gasteiger charge is 2.09. The van der Waals surface area contributed by atoms with E-state index in [1.807, 2.05) is 12.1 Å². The van der Waals surface area contributed by atoms with Gasteiger partial charge in [0.05, 0.1) is 19.5 Å². The summed E-state index contributed by atoms with van der Waals surface area (Å²) in [5, 5.41) is 6.82. The molecule has 0 saturated carbocycles. The Bertz CT molecular complexity index is 434. The standard InChI is InChI=1S/C17H30N4O2.HI/c1-2-3-7-18-17(19-8-6-16-5-4-13-23-16)20-9-10-21-11-14-22-15-12-21;/h4-5,13H,2-3,6-12,14-15H2,1H3,(H2,18,19,20);1H. The minimum absolute atomic E-state index is 0. The van der Waals surface area contributed by atoms with Crippen LogP contribution in [0.1, 0.15) is 25.5 Å². The van der Waals surface area contributed by atoms with Crippen LogP contribution >= 0.6 is 24.0 Å². The predicted molar refractivity (Wildman–Crippen MR) is 108 cm³/mol. The summed E-state index contributed by atoms with van der Waals surface area (Å²) in [4.78, 5) is 7.06. The molecule has 0 aliphatic carbocycles. The zero-order valence-electron chi connectivity index (χ0n) is 14.6. The van der Waals surface area contributed by atoms with Crippen LogP contribution in [0.2, 0.25) is 0 Å². The van der Waals surface area contributed by atoms with Crippen molar-refractivity contribution in [1.82, 2.24) is 15.5 Å². The number of guanidine groups is 1. The third-order valence-electron chi connectivity index (χ3n) is 3.85. The minimum Gasteiger partial charge on any atom is -0.469 e. The number of morpholine rings is 1. The van der Waals surface area contributed by atoms with Crippen LogP contribution in [-0.4, -0.2) is 63.3 Å². The first-order chi connectivity index (χ1) is 11.4. The number of hydrogen-bond acceptors (Lipinski definition) is 4. The summed E-state index contributed by atoms with van der Waals surface area (Å²) in [6.07, 6.45) is 4.86. The van der Waals surface area contributed by atoms with Gasteiger partial charge in [-0.25, -0.2) is 0 Å². The first kappa shape index (κ1) is 21.2. The number of aliphatic imine (C=N–C) groups is 1. The molecule has 2 N–H and O–H groups in total. The van der Waals surface area contributed by atoms with E-state index in [2.05, 4.69) is 27.4 Å². The maximum absolute atomic E-state index is 5.37. The average molecular weight is 450 g/mol. The van der Waals surface area contributed by atoms with E-state index in [4.69, 9.17) is 9.15 Å². The van der Waals surface area contributed by atoms with Gasteiger partial charge in [-0.1, -0.05) is 13.3 Å². The Morgan fingerprint density at radius 1 is 1.25 bits per heavy atom. The molecule has 1 aromatic rings. The molecule has 0 spiro atoms. The van der Waals surface area contributed by atoms with E-state index in [0.29, 0.717) is 0 Å². The number of unbranched alkanes of at least 4 members (excludes halogenated alkanes) is 1. The van der Waals surface area contributed by atoms with Crippen molar-refractivity contribution in [3.8, 4) is 0 Å². The fourth-order valence-electron chi connectivity index (χ4n) is 2.44. The fraction of sp³-hybridized carbons (Fsp3) is 0.706. The Balaban J connectivity index is 0.00000288. The number of hydrogen-bond donors (Lipinski definition) is 2. The number of nitrogens with one attached hydrogen (secondary N) is 2. The van der Waals surface area contributed by atoms with Crippen molar-refractivity contribution in [3.05, 3.63) is 24.2 Å². The molecule has 2 heterocycles. The molecule has 6 nitrogen and oxygen atoms in total. The van der Waals surface area contributed by atoms with Gasteiger partial charge in [-0.2, -0.15) is 0 Å². The summed E-state index contributed by atoms with van der Waals surface area (Å²) in [5.41, 5.74) is 0. The Hall–Kier alpha value is -0.800. The molecule has 0 atom stereocenters. The maximum Gasteiger partial charge on any atom is 0.191 e. The highest BCUT2D eigenvalue weighted by molar-refractivity contribution is 14.0. The Labute approximate surface area is 162 Å². The molecule has 0 bridgehead atoms. The Morgan fingerprint density at radius 2 is 2.04 bits per heavy atom. The van der Waals surface area contributed by atoms with Crippen molar-refractivity contribution < 1.29 is 9.15 Å². The monoisotopic (exact) mass is 450 g/mol. The van der Waals surface area contributed by atoms with Crippen LogP contribution in [0, 0.1) is 0 Å². The smallest absolute Gasteiger partial charge is 0.191 e. The Morgan fingerprint density at radius 3 is 2.75 bits per heavy atom. The van der Waals surface area contributed by atoms with Gasteiger partial charge in [0.2, 0.25) is 0 Å². The van der Waals surface area contributed by atoms with E-state index < -0.39 is 0 Å². The van der Waals surface area contributed by atoms with E-state index in [1.165, 1.54) is 0 Å². The summed E-state index contributed by atoms with van der Waals surface area (Å²) >= 11 is 0. The summed E-state index contributed by atoms with van der Waals surface area (Å²) in [6.45, 7) is 9.54. The number of rotatable bonds is 9. The molecule has 0 unspecified atom stereocenters. The van der Waals surface area contributed by atoms with Crippen LogP contribution in [0.15, 0.2) is 27.8 Å². The zero-order chi connectivity index (χ0) is 16.2. The Kier molecular flexibility index (Phi) is 11.9. The van der Waals surface area contributed by atoms with E-state index in [9.17, 15) is 0 Å². The molecule has 7 heteroatoms. The van der Waals surface area contributed by atoms with Gasteiger partial charge < -0.3 is 19.8 Å². The lowest BCUT2D eigenvalue weighted by Gasteiger charge is -2.26. The second kappa shape index (κ2) is 13.5. The van der Waals surface area contributed by atoms with Crippen LogP contribution in [0.3, 0.4) is 0 Å². The summed E-state index contributed by atoms with van der Waals surface area (Å²) < 4.78 is 10.7. The van der Waals surface area contributed by atoms with E-state index in [1.54, 1.807) is 6.26 Å². The molecule has 1 aliphatic rings. The van der Waals surface area contributed by atoms with Gasteiger partial charge in [-0.3, -0.25) is 9.89 Å². The molecule has 1 fully saturated rings. The molecule has 1 saturated heterocycles. The van der Waals surface area contributed by atoms with Gasteiger partial charge >= 0.3 is 0 Å². The molecule has 0 radical (unpaired) electrons. The molecule has 138 valence electrons. The van der Waals surface area contributed by atoms with Crippen LogP contribution in [0.4, 0.5) is 0 Å². The molecule has 0 aromatic carbocycles. The van der Waals surface area contributed by atoms with Gasteiger partial charge in [-0.15, -0.1) is 24.0 Å². The topological polar surface area (TPSA) is 62.0 Å². The van der Waals surface area contributed by atoms with Crippen LogP contribution in [0.5, 0.6) is 0 Å². The zero-order valence-corrected chi connectivity index (χ0v) is 17.0. The lowest BCUT2D eigenvalue weighted by atomic mass is 10.3. The first-order valence-electron chi connectivity index (χ1n) is 8.73. The van der Waals surface area contributed by atoms with E-state index in [-0.39, 0.29) is 24.0 Å². The molecular weight excluding hydrogens is 419 g/mol. The molecule has 0 amide bonds. The molecule has 1 aromatic heterocycles. The first-order valence-corrected chi connectivity index (χ1v) is 8.73. The average Bonchev–Trinajstić information content (AvgIpc) is 3.09. The summed E-state index contributed by atoms with van der Waals surface area (Å²) in [7, 11) is 0. The van der Waals surface area contributed by atoms with E-state index >= 15 is 0 Å². The van der Waals surface area contributed by atoms with Gasteiger partial charge in [0, 0.05) is 45.7 Å². The lowest BCUT2D eigenvalue weighted by molar-refractivity contribution is 0.0389. The second-order valence-electron chi connectivity index (χ2n) is 5.72. The lowest BCUT2D eigenvalue weighted by Crippen LogP contribution is -2.44. The summed E-state index contributed by atoms with van der Waals surface area (Å²) in [6, 6.07) is 3.92. The van der Waals surface area contributed by atoms with Gasteiger partial charge in [0.15, 0.2) is 5.96 Å². The van der Waals surface area contributed by atoms with Crippen molar-refractivity contribution in [2.75, 3.05) is 52.5 Å². The van der Waals surface area contributed by atoms with Crippen LogP contribution in [0.25, 0.3) is 0 Å². The van der Waals surface area contributed by atoms with E-state index in [0.717, 1.165) is 83.5 Å². The van der Waals surface area contributed by atoms with Crippen molar-refractivity contribution in [2.24, 2.45) is 4.99 Å². The summed E-state index contributed by atoms with van der Waals surface area (Å²) in [5.74, 6) is 1.90. The molecular formula is C17H31IN4O2. The van der Waals surface area contributed by atoms with Crippen molar-refractivity contribution >= 4 is 29.9 Å². The maximum atomic E-state index is 5.37.